The molecule has 2 rings (SSSR count). The van der Waals surface area contributed by atoms with E-state index in [1.54, 1.807) is 0 Å². The van der Waals surface area contributed by atoms with Crippen LogP contribution in [0.3, 0.4) is 0 Å². The van der Waals surface area contributed by atoms with E-state index in [0.29, 0.717) is 6.04 Å². The third-order valence-corrected chi connectivity index (χ3v) is 4.86. The van der Waals surface area contributed by atoms with E-state index in [2.05, 4.69) is 52.1 Å². The number of nitrogens with one attached hydrogen (secondary N) is 1. The summed E-state index contributed by atoms with van der Waals surface area (Å²) in [6.07, 6.45) is 2.64. The zero-order valence-electron chi connectivity index (χ0n) is 12.3. The van der Waals surface area contributed by atoms with Gasteiger partial charge in [-0.2, -0.15) is 0 Å². The Bertz CT molecular complexity index is 430. The first-order chi connectivity index (χ1) is 9.56. The highest BCUT2D eigenvalue weighted by atomic mass is 79.9. The average molecular weight is 360 g/mol. The summed E-state index contributed by atoms with van der Waals surface area (Å²) in [6.45, 7) is 8.94. The van der Waals surface area contributed by atoms with Gasteiger partial charge in [-0.1, -0.05) is 33.6 Å². The number of hydrogen-bond donors (Lipinski definition) is 1. The smallest absolute Gasteiger partial charge is 0.0462 e. The summed E-state index contributed by atoms with van der Waals surface area (Å²) in [5.41, 5.74) is 1.22. The normalized spacial score (nSPS) is 19.8. The quantitative estimate of drug-likeness (QED) is 0.842. The third-order valence-electron chi connectivity index (χ3n) is 4.01. The van der Waals surface area contributed by atoms with Gasteiger partial charge in [0.1, 0.15) is 0 Å². The number of piperidine rings is 1. The van der Waals surface area contributed by atoms with Crippen molar-refractivity contribution in [3.05, 3.63) is 33.3 Å². The lowest BCUT2D eigenvalue weighted by Gasteiger charge is -2.33. The van der Waals surface area contributed by atoms with Crippen LogP contribution in [0.1, 0.15) is 32.3 Å². The molecule has 1 aromatic rings. The molecule has 4 heteroatoms. The van der Waals surface area contributed by atoms with E-state index in [9.17, 15) is 0 Å². The molecular weight excluding hydrogens is 336 g/mol. The molecule has 0 amide bonds. The number of halogens is 2. The van der Waals surface area contributed by atoms with Crippen LogP contribution in [-0.4, -0.2) is 30.6 Å². The standard InChI is InChI=1S/C16H24BrClN2/c1-12(2)20(10-13-4-3-7-19-9-13)11-14-5-6-15(17)8-16(14)18/h5-6,8,12-13,19H,3-4,7,9-11H2,1-2H3. The summed E-state index contributed by atoms with van der Waals surface area (Å²) in [6, 6.07) is 6.72. The summed E-state index contributed by atoms with van der Waals surface area (Å²) in [5, 5.41) is 4.36. The second-order valence-corrected chi connectivity index (χ2v) is 7.29. The second-order valence-electron chi connectivity index (χ2n) is 5.97. The average Bonchev–Trinajstić information content (AvgIpc) is 2.42. The van der Waals surface area contributed by atoms with Crippen molar-refractivity contribution in [2.75, 3.05) is 19.6 Å². The van der Waals surface area contributed by atoms with Crippen LogP contribution in [0.15, 0.2) is 22.7 Å². The van der Waals surface area contributed by atoms with Crippen LogP contribution in [-0.2, 0) is 6.54 Å². The Morgan fingerprint density at radius 1 is 1.45 bits per heavy atom. The van der Waals surface area contributed by atoms with Gasteiger partial charge in [0.2, 0.25) is 0 Å². The number of nitrogens with zero attached hydrogens (tertiary/aromatic N) is 1. The molecule has 1 aliphatic heterocycles. The van der Waals surface area contributed by atoms with Gasteiger partial charge in [-0.15, -0.1) is 0 Å². The minimum atomic E-state index is 0.539. The van der Waals surface area contributed by atoms with Crippen LogP contribution in [0.4, 0.5) is 0 Å². The van der Waals surface area contributed by atoms with Gasteiger partial charge in [-0.05, 0) is 63.4 Å². The molecule has 2 nitrogen and oxygen atoms in total. The first kappa shape index (κ1) is 16.3. The van der Waals surface area contributed by atoms with Crippen molar-refractivity contribution in [1.29, 1.82) is 0 Å². The molecule has 1 saturated heterocycles. The maximum absolute atomic E-state index is 6.35. The minimum Gasteiger partial charge on any atom is -0.316 e. The van der Waals surface area contributed by atoms with Gasteiger partial charge in [0.15, 0.2) is 0 Å². The highest BCUT2D eigenvalue weighted by molar-refractivity contribution is 9.10. The highest BCUT2D eigenvalue weighted by Crippen LogP contribution is 2.24. The number of rotatable bonds is 5. The zero-order valence-corrected chi connectivity index (χ0v) is 14.7. The van der Waals surface area contributed by atoms with Crippen molar-refractivity contribution in [2.24, 2.45) is 5.92 Å². The topological polar surface area (TPSA) is 15.3 Å². The summed E-state index contributed by atoms with van der Waals surface area (Å²) >= 11 is 9.82. The molecule has 1 fully saturated rings. The fourth-order valence-corrected chi connectivity index (χ4v) is 3.47. The molecule has 0 saturated carbocycles. The second kappa shape index (κ2) is 7.79. The lowest BCUT2D eigenvalue weighted by molar-refractivity contribution is 0.164. The fourth-order valence-electron chi connectivity index (χ4n) is 2.74. The molecule has 1 heterocycles. The lowest BCUT2D eigenvalue weighted by Crippen LogP contribution is -2.40. The Balaban J connectivity index is 2.01. The van der Waals surface area contributed by atoms with E-state index in [1.165, 1.54) is 24.9 Å². The summed E-state index contributed by atoms with van der Waals surface area (Å²) in [7, 11) is 0. The van der Waals surface area contributed by atoms with E-state index in [0.717, 1.165) is 35.0 Å². The van der Waals surface area contributed by atoms with Crippen molar-refractivity contribution in [2.45, 2.75) is 39.3 Å². The van der Waals surface area contributed by atoms with Crippen LogP contribution < -0.4 is 5.32 Å². The van der Waals surface area contributed by atoms with Gasteiger partial charge in [0.05, 0.1) is 0 Å². The Morgan fingerprint density at radius 2 is 2.25 bits per heavy atom. The van der Waals surface area contributed by atoms with E-state index in [4.69, 9.17) is 11.6 Å². The third kappa shape index (κ3) is 4.73. The van der Waals surface area contributed by atoms with E-state index in [-0.39, 0.29) is 0 Å². The van der Waals surface area contributed by atoms with Crippen molar-refractivity contribution >= 4 is 27.5 Å². The number of hydrogen-bond acceptors (Lipinski definition) is 2. The monoisotopic (exact) mass is 358 g/mol. The number of benzene rings is 1. The van der Waals surface area contributed by atoms with Gasteiger partial charge in [0, 0.05) is 28.6 Å². The van der Waals surface area contributed by atoms with Crippen molar-refractivity contribution in [3.8, 4) is 0 Å². The molecule has 20 heavy (non-hydrogen) atoms. The Labute approximate surface area is 136 Å². The molecule has 1 N–H and O–H groups in total. The largest absolute Gasteiger partial charge is 0.316 e. The highest BCUT2D eigenvalue weighted by Gasteiger charge is 2.19. The Morgan fingerprint density at radius 3 is 2.85 bits per heavy atom. The molecule has 0 spiro atoms. The predicted molar refractivity (Wildman–Crippen MR) is 90.3 cm³/mol. The maximum Gasteiger partial charge on any atom is 0.0462 e. The molecule has 0 bridgehead atoms. The zero-order chi connectivity index (χ0) is 14.5. The van der Waals surface area contributed by atoms with Crippen molar-refractivity contribution in [3.63, 3.8) is 0 Å². The Kier molecular flexibility index (Phi) is 6.34. The lowest BCUT2D eigenvalue weighted by atomic mass is 9.98. The van der Waals surface area contributed by atoms with Gasteiger partial charge in [0.25, 0.3) is 0 Å². The van der Waals surface area contributed by atoms with Gasteiger partial charge < -0.3 is 5.32 Å². The predicted octanol–water partition coefficient (Wildman–Crippen LogP) is 4.31. The molecule has 0 radical (unpaired) electrons. The summed E-state index contributed by atoms with van der Waals surface area (Å²) in [4.78, 5) is 2.53. The molecular formula is C16H24BrClN2. The summed E-state index contributed by atoms with van der Waals surface area (Å²) in [5.74, 6) is 0.764. The molecule has 1 atom stereocenters. The van der Waals surface area contributed by atoms with E-state index < -0.39 is 0 Å². The molecule has 1 aromatic carbocycles. The Hall–Kier alpha value is -0.0900. The summed E-state index contributed by atoms with van der Waals surface area (Å²) < 4.78 is 1.04. The molecule has 0 aliphatic carbocycles. The molecule has 1 unspecified atom stereocenters. The fraction of sp³-hybridized carbons (Fsp3) is 0.625. The van der Waals surface area contributed by atoms with Gasteiger partial charge >= 0.3 is 0 Å². The van der Waals surface area contributed by atoms with Crippen LogP contribution in [0.2, 0.25) is 5.02 Å². The first-order valence-electron chi connectivity index (χ1n) is 7.45. The van der Waals surface area contributed by atoms with Crippen molar-refractivity contribution < 1.29 is 0 Å². The minimum absolute atomic E-state index is 0.539. The molecule has 1 aliphatic rings. The van der Waals surface area contributed by atoms with E-state index >= 15 is 0 Å². The van der Waals surface area contributed by atoms with Crippen LogP contribution in [0, 0.1) is 5.92 Å². The molecule has 112 valence electrons. The van der Waals surface area contributed by atoms with Crippen LogP contribution >= 0.6 is 27.5 Å². The van der Waals surface area contributed by atoms with E-state index in [1.807, 2.05) is 6.07 Å². The SMILES string of the molecule is CC(C)N(Cc1ccc(Br)cc1Cl)CC1CCCNC1. The van der Waals surface area contributed by atoms with Crippen LogP contribution in [0.5, 0.6) is 0 Å². The maximum atomic E-state index is 6.35. The molecule has 0 aromatic heterocycles. The van der Waals surface area contributed by atoms with Crippen LogP contribution in [0.25, 0.3) is 0 Å². The van der Waals surface area contributed by atoms with Gasteiger partial charge in [-0.3, -0.25) is 4.90 Å². The first-order valence-corrected chi connectivity index (χ1v) is 8.62. The van der Waals surface area contributed by atoms with Crippen molar-refractivity contribution in [1.82, 2.24) is 10.2 Å². The van der Waals surface area contributed by atoms with Gasteiger partial charge in [-0.25, -0.2) is 0 Å².